The summed E-state index contributed by atoms with van der Waals surface area (Å²) in [5.74, 6) is -0.395. The van der Waals surface area contributed by atoms with Crippen molar-refractivity contribution in [3.63, 3.8) is 0 Å². The lowest BCUT2D eigenvalue weighted by molar-refractivity contribution is -0.123. The Kier molecular flexibility index (Phi) is 8.38. The first kappa shape index (κ1) is 22.7. The van der Waals surface area contributed by atoms with Gasteiger partial charge < -0.3 is 15.5 Å². The molecule has 31 heavy (non-hydrogen) atoms. The smallest absolute Gasteiger partial charge is 0.262 e. The summed E-state index contributed by atoms with van der Waals surface area (Å²) in [6, 6.07) is 23.1. The second-order valence-corrected chi connectivity index (χ2v) is 8.69. The van der Waals surface area contributed by atoms with E-state index in [1.165, 1.54) is 16.9 Å². The Labute approximate surface area is 188 Å². The Bertz CT molecular complexity index is 943. The molecule has 1 heterocycles. The molecule has 0 spiro atoms. The van der Waals surface area contributed by atoms with Crippen molar-refractivity contribution in [1.29, 1.82) is 0 Å². The molecule has 6 heteroatoms. The van der Waals surface area contributed by atoms with Crippen molar-refractivity contribution in [2.45, 2.75) is 24.9 Å². The molecule has 2 unspecified atom stereocenters. The SMILES string of the molecule is CN(C)C(CNC(=O)C(Cc1ccccc1)NC(=O)c1cccs1)Cc1ccccc1. The van der Waals surface area contributed by atoms with E-state index in [4.69, 9.17) is 0 Å². The van der Waals surface area contributed by atoms with E-state index in [-0.39, 0.29) is 17.9 Å². The molecule has 0 fully saturated rings. The number of nitrogens with one attached hydrogen (secondary N) is 2. The van der Waals surface area contributed by atoms with E-state index in [0.717, 1.165) is 12.0 Å². The molecular weight excluding hydrogens is 406 g/mol. The molecule has 0 saturated carbocycles. The summed E-state index contributed by atoms with van der Waals surface area (Å²) in [6.45, 7) is 0.501. The van der Waals surface area contributed by atoms with Crippen molar-refractivity contribution in [3.05, 3.63) is 94.2 Å². The lowest BCUT2D eigenvalue weighted by Gasteiger charge is -2.26. The van der Waals surface area contributed by atoms with Gasteiger partial charge in [-0.3, -0.25) is 9.59 Å². The highest BCUT2D eigenvalue weighted by Gasteiger charge is 2.23. The van der Waals surface area contributed by atoms with Crippen LogP contribution in [0, 0.1) is 0 Å². The summed E-state index contributed by atoms with van der Waals surface area (Å²) in [5, 5.41) is 7.83. The summed E-state index contributed by atoms with van der Waals surface area (Å²) in [6.07, 6.45) is 1.27. The zero-order valence-corrected chi connectivity index (χ0v) is 18.8. The molecule has 0 saturated heterocycles. The van der Waals surface area contributed by atoms with Gasteiger partial charge in [0.25, 0.3) is 5.91 Å². The van der Waals surface area contributed by atoms with E-state index in [0.29, 0.717) is 17.8 Å². The number of amides is 2. The number of rotatable bonds is 10. The van der Waals surface area contributed by atoms with Gasteiger partial charge >= 0.3 is 0 Å². The maximum Gasteiger partial charge on any atom is 0.262 e. The van der Waals surface area contributed by atoms with Crippen LogP contribution in [0.4, 0.5) is 0 Å². The van der Waals surface area contributed by atoms with Gasteiger partial charge in [0.05, 0.1) is 4.88 Å². The van der Waals surface area contributed by atoms with Gasteiger partial charge in [0.2, 0.25) is 5.91 Å². The number of carbonyl (C=O) groups is 2. The third-order valence-corrected chi connectivity index (χ3v) is 6.07. The number of hydrogen-bond acceptors (Lipinski definition) is 4. The molecule has 2 amide bonds. The third-order valence-electron chi connectivity index (χ3n) is 5.21. The first-order chi connectivity index (χ1) is 15.0. The molecule has 3 rings (SSSR count). The number of hydrogen-bond donors (Lipinski definition) is 2. The second-order valence-electron chi connectivity index (χ2n) is 7.75. The molecule has 1 aromatic heterocycles. The summed E-state index contributed by atoms with van der Waals surface area (Å²) in [5.41, 5.74) is 2.23. The van der Waals surface area contributed by atoms with Gasteiger partial charge in [0, 0.05) is 19.0 Å². The fourth-order valence-corrected chi connectivity index (χ4v) is 3.99. The first-order valence-electron chi connectivity index (χ1n) is 10.4. The van der Waals surface area contributed by atoms with Crippen LogP contribution in [0.1, 0.15) is 20.8 Å². The monoisotopic (exact) mass is 435 g/mol. The predicted molar refractivity (Wildman–Crippen MR) is 126 cm³/mol. The van der Waals surface area contributed by atoms with Gasteiger partial charge in [-0.15, -0.1) is 11.3 Å². The van der Waals surface area contributed by atoms with Crippen LogP contribution < -0.4 is 10.6 Å². The van der Waals surface area contributed by atoms with Crippen molar-refractivity contribution in [2.24, 2.45) is 0 Å². The van der Waals surface area contributed by atoms with Gasteiger partial charge in [-0.1, -0.05) is 66.7 Å². The van der Waals surface area contributed by atoms with E-state index in [9.17, 15) is 9.59 Å². The summed E-state index contributed by atoms with van der Waals surface area (Å²) >= 11 is 1.36. The molecule has 2 N–H and O–H groups in total. The van der Waals surface area contributed by atoms with E-state index in [1.54, 1.807) is 6.07 Å². The van der Waals surface area contributed by atoms with Gasteiger partial charge in [-0.05, 0) is 43.1 Å². The molecule has 5 nitrogen and oxygen atoms in total. The van der Waals surface area contributed by atoms with Crippen molar-refractivity contribution < 1.29 is 9.59 Å². The maximum absolute atomic E-state index is 13.1. The molecule has 3 aromatic rings. The standard InChI is InChI=1S/C25H29N3O2S/c1-28(2)21(16-19-10-5-3-6-11-19)18-26-24(29)22(17-20-12-7-4-8-13-20)27-25(30)23-14-9-15-31-23/h3-15,21-22H,16-18H2,1-2H3,(H,26,29)(H,27,30). The normalized spacial score (nSPS) is 12.9. The van der Waals surface area contributed by atoms with E-state index in [2.05, 4.69) is 27.7 Å². The van der Waals surface area contributed by atoms with E-state index < -0.39 is 6.04 Å². The predicted octanol–water partition coefficient (Wildman–Crippen LogP) is 3.38. The van der Waals surface area contributed by atoms with Crippen molar-refractivity contribution >= 4 is 23.2 Å². The Morgan fingerprint density at radius 3 is 2.03 bits per heavy atom. The van der Waals surface area contributed by atoms with Crippen LogP contribution in [0.25, 0.3) is 0 Å². The zero-order valence-electron chi connectivity index (χ0n) is 18.0. The fourth-order valence-electron chi connectivity index (χ4n) is 3.36. The lowest BCUT2D eigenvalue weighted by Crippen LogP contribution is -2.51. The van der Waals surface area contributed by atoms with Crippen LogP contribution in [0.15, 0.2) is 78.2 Å². The average Bonchev–Trinajstić information content (AvgIpc) is 3.32. The van der Waals surface area contributed by atoms with Gasteiger partial charge in [-0.2, -0.15) is 0 Å². The molecule has 0 bridgehead atoms. The quantitative estimate of drug-likeness (QED) is 0.513. The fraction of sp³-hybridized carbons (Fsp3) is 0.280. The second kappa shape index (κ2) is 11.4. The number of likely N-dealkylation sites (N-methyl/N-ethyl adjacent to an activating group) is 1. The Morgan fingerprint density at radius 1 is 0.871 bits per heavy atom. The van der Waals surface area contributed by atoms with Crippen LogP contribution in [0.3, 0.4) is 0 Å². The lowest BCUT2D eigenvalue weighted by atomic mass is 10.0. The van der Waals surface area contributed by atoms with Crippen LogP contribution in [0.2, 0.25) is 0 Å². The number of nitrogens with zero attached hydrogens (tertiary/aromatic N) is 1. The van der Waals surface area contributed by atoms with E-state index in [1.807, 2.05) is 74.1 Å². The Hall–Kier alpha value is -2.96. The molecule has 0 aliphatic rings. The van der Waals surface area contributed by atoms with Crippen LogP contribution in [0.5, 0.6) is 0 Å². The molecule has 0 aliphatic heterocycles. The topological polar surface area (TPSA) is 61.4 Å². The summed E-state index contributed by atoms with van der Waals surface area (Å²) < 4.78 is 0. The van der Waals surface area contributed by atoms with Gasteiger partial charge in [0.1, 0.15) is 6.04 Å². The number of carbonyl (C=O) groups excluding carboxylic acids is 2. The maximum atomic E-state index is 13.1. The van der Waals surface area contributed by atoms with Crippen LogP contribution >= 0.6 is 11.3 Å². The third kappa shape index (κ3) is 7.05. The van der Waals surface area contributed by atoms with E-state index >= 15 is 0 Å². The largest absolute Gasteiger partial charge is 0.353 e. The van der Waals surface area contributed by atoms with Crippen molar-refractivity contribution in [3.8, 4) is 0 Å². The minimum absolute atomic E-state index is 0.150. The van der Waals surface area contributed by atoms with Gasteiger partial charge in [0.15, 0.2) is 0 Å². The molecule has 2 atom stereocenters. The summed E-state index contributed by atoms with van der Waals surface area (Å²) in [4.78, 5) is 28.4. The van der Waals surface area contributed by atoms with Crippen molar-refractivity contribution in [2.75, 3.05) is 20.6 Å². The van der Waals surface area contributed by atoms with Gasteiger partial charge in [-0.25, -0.2) is 0 Å². The number of benzene rings is 2. The molecule has 0 radical (unpaired) electrons. The first-order valence-corrected chi connectivity index (χ1v) is 11.3. The Morgan fingerprint density at radius 2 is 1.48 bits per heavy atom. The molecule has 0 aliphatic carbocycles. The summed E-state index contributed by atoms with van der Waals surface area (Å²) in [7, 11) is 4.03. The van der Waals surface area contributed by atoms with Crippen LogP contribution in [-0.2, 0) is 17.6 Å². The minimum atomic E-state index is -0.642. The molecular formula is C25H29N3O2S. The molecule has 2 aromatic carbocycles. The highest BCUT2D eigenvalue weighted by atomic mass is 32.1. The number of thiophene rings is 1. The zero-order chi connectivity index (χ0) is 22.1. The average molecular weight is 436 g/mol. The Balaban J connectivity index is 1.66. The van der Waals surface area contributed by atoms with Crippen molar-refractivity contribution in [1.82, 2.24) is 15.5 Å². The molecule has 162 valence electrons. The highest BCUT2D eigenvalue weighted by Crippen LogP contribution is 2.11. The highest BCUT2D eigenvalue weighted by molar-refractivity contribution is 7.12. The van der Waals surface area contributed by atoms with Crippen LogP contribution in [-0.4, -0.2) is 49.4 Å². The minimum Gasteiger partial charge on any atom is -0.353 e.